The van der Waals surface area contributed by atoms with Crippen molar-refractivity contribution in [2.75, 3.05) is 14.1 Å². The van der Waals surface area contributed by atoms with Gasteiger partial charge in [-0.25, -0.2) is 0 Å². The minimum atomic E-state index is -0.00125. The lowest BCUT2D eigenvalue weighted by Crippen LogP contribution is -2.55. The molecule has 0 aromatic heterocycles. The predicted octanol–water partition coefficient (Wildman–Crippen LogP) is 0.748. The van der Waals surface area contributed by atoms with Gasteiger partial charge in [0.25, 0.3) is 0 Å². The molecule has 2 fully saturated rings. The summed E-state index contributed by atoms with van der Waals surface area (Å²) in [6.45, 7) is 0. The molecule has 2 bridgehead atoms. The zero-order chi connectivity index (χ0) is 8.06. The van der Waals surface area contributed by atoms with E-state index in [9.17, 15) is 5.11 Å². The predicted molar refractivity (Wildman–Crippen MR) is 44.2 cm³/mol. The van der Waals surface area contributed by atoms with Crippen LogP contribution in [0, 0.1) is 0 Å². The number of nitrogens with zero attached hydrogens (tertiary/aromatic N) is 1. The highest BCUT2D eigenvalue weighted by Crippen LogP contribution is 2.39. The topological polar surface area (TPSA) is 20.2 Å². The van der Waals surface area contributed by atoms with Gasteiger partial charge in [-0.15, -0.1) is 0 Å². The highest BCUT2D eigenvalue weighted by atomic mass is 16.3. The number of aliphatic hydroxyl groups excluding tert-OH is 1. The molecule has 0 aliphatic carbocycles. The first-order valence-electron chi connectivity index (χ1n) is 4.62. The molecule has 2 atom stereocenters. The van der Waals surface area contributed by atoms with Gasteiger partial charge in [-0.2, -0.15) is 0 Å². The zero-order valence-corrected chi connectivity index (χ0v) is 7.45. The van der Waals surface area contributed by atoms with E-state index in [1.165, 1.54) is 12.8 Å². The number of fused-ring (bicyclic) bond motifs is 2. The second-order valence-corrected chi connectivity index (χ2v) is 4.64. The lowest BCUT2D eigenvalue weighted by molar-refractivity contribution is -0.931. The highest BCUT2D eigenvalue weighted by molar-refractivity contribution is 4.84. The summed E-state index contributed by atoms with van der Waals surface area (Å²) in [6.07, 6.45) is 4.72. The fraction of sp³-hybridized carbons (Fsp3) is 1.00. The first-order valence-corrected chi connectivity index (χ1v) is 4.62. The number of piperidine rings is 1. The number of rotatable bonds is 0. The van der Waals surface area contributed by atoms with Crippen molar-refractivity contribution in [1.82, 2.24) is 0 Å². The first kappa shape index (κ1) is 7.56. The van der Waals surface area contributed by atoms with E-state index in [0.29, 0.717) is 0 Å². The fourth-order valence-corrected chi connectivity index (χ4v) is 2.85. The summed E-state index contributed by atoms with van der Waals surface area (Å²) in [6, 6.07) is 1.48. The van der Waals surface area contributed by atoms with Crippen LogP contribution < -0.4 is 0 Å². The molecule has 2 rings (SSSR count). The lowest BCUT2D eigenvalue weighted by Gasteiger charge is -2.42. The standard InChI is InChI=1S/C9H18NO/c1-10(2)7-3-4-8(10)6-9(11)5-7/h7-9,11H,3-6H2,1-2H3/q+1/t7-,8-/m1/s1. The van der Waals surface area contributed by atoms with E-state index in [2.05, 4.69) is 14.1 Å². The van der Waals surface area contributed by atoms with Crippen molar-refractivity contribution in [2.24, 2.45) is 0 Å². The Kier molecular flexibility index (Phi) is 1.52. The maximum Gasteiger partial charge on any atom is 0.0915 e. The minimum absolute atomic E-state index is 0.00125. The van der Waals surface area contributed by atoms with Crippen LogP contribution in [0.2, 0.25) is 0 Å². The number of quaternary nitrogens is 1. The second-order valence-electron chi connectivity index (χ2n) is 4.64. The Hall–Kier alpha value is -0.0800. The van der Waals surface area contributed by atoms with E-state index >= 15 is 0 Å². The molecule has 0 saturated carbocycles. The smallest absolute Gasteiger partial charge is 0.0915 e. The maximum absolute atomic E-state index is 9.51. The van der Waals surface area contributed by atoms with Crippen LogP contribution in [-0.2, 0) is 0 Å². The van der Waals surface area contributed by atoms with Crippen LogP contribution in [0.5, 0.6) is 0 Å². The Morgan fingerprint density at radius 2 is 1.55 bits per heavy atom. The van der Waals surface area contributed by atoms with Gasteiger partial charge in [0.15, 0.2) is 0 Å². The summed E-state index contributed by atoms with van der Waals surface area (Å²) in [5.74, 6) is 0. The Morgan fingerprint density at radius 1 is 1.09 bits per heavy atom. The quantitative estimate of drug-likeness (QED) is 0.513. The average molecular weight is 156 g/mol. The highest BCUT2D eigenvalue weighted by Gasteiger charge is 2.48. The van der Waals surface area contributed by atoms with Crippen molar-refractivity contribution in [3.05, 3.63) is 0 Å². The fourth-order valence-electron chi connectivity index (χ4n) is 2.85. The van der Waals surface area contributed by atoms with Crippen molar-refractivity contribution >= 4 is 0 Å². The molecule has 2 heteroatoms. The third-order valence-electron chi connectivity index (χ3n) is 3.80. The monoisotopic (exact) mass is 156 g/mol. The van der Waals surface area contributed by atoms with Gasteiger partial charge in [-0.05, 0) is 0 Å². The molecule has 2 aliphatic rings. The average Bonchev–Trinajstić information content (AvgIpc) is 2.19. The Balaban J connectivity index is 2.19. The molecule has 0 aromatic carbocycles. The van der Waals surface area contributed by atoms with Crippen molar-refractivity contribution in [2.45, 2.75) is 43.9 Å². The third kappa shape index (κ3) is 1.00. The van der Waals surface area contributed by atoms with E-state index in [1.807, 2.05) is 0 Å². The zero-order valence-electron chi connectivity index (χ0n) is 7.45. The van der Waals surface area contributed by atoms with Crippen LogP contribution in [0.1, 0.15) is 25.7 Å². The summed E-state index contributed by atoms with van der Waals surface area (Å²) in [4.78, 5) is 0. The van der Waals surface area contributed by atoms with Gasteiger partial charge >= 0.3 is 0 Å². The molecular formula is C9H18NO+. The van der Waals surface area contributed by atoms with Crippen LogP contribution in [0.25, 0.3) is 0 Å². The van der Waals surface area contributed by atoms with E-state index in [4.69, 9.17) is 0 Å². The van der Waals surface area contributed by atoms with Crippen LogP contribution in [0.3, 0.4) is 0 Å². The number of hydrogen-bond donors (Lipinski definition) is 1. The molecule has 2 saturated heterocycles. The number of aliphatic hydroxyl groups is 1. The summed E-state index contributed by atoms with van der Waals surface area (Å²) in [7, 11) is 4.63. The normalized spacial score (nSPS) is 47.7. The molecule has 2 aliphatic heterocycles. The summed E-state index contributed by atoms with van der Waals surface area (Å²) in [5.41, 5.74) is 0. The summed E-state index contributed by atoms with van der Waals surface area (Å²) >= 11 is 0. The van der Waals surface area contributed by atoms with E-state index < -0.39 is 0 Å². The van der Waals surface area contributed by atoms with Gasteiger partial charge in [0.1, 0.15) is 0 Å². The van der Waals surface area contributed by atoms with Gasteiger partial charge < -0.3 is 9.59 Å². The van der Waals surface area contributed by atoms with Gasteiger partial charge in [-0.1, -0.05) is 0 Å². The Morgan fingerprint density at radius 3 is 2.00 bits per heavy atom. The van der Waals surface area contributed by atoms with Crippen LogP contribution >= 0.6 is 0 Å². The van der Waals surface area contributed by atoms with Crippen LogP contribution in [-0.4, -0.2) is 41.9 Å². The first-order chi connectivity index (χ1) is 5.10. The van der Waals surface area contributed by atoms with Crippen LogP contribution in [0.4, 0.5) is 0 Å². The molecule has 0 radical (unpaired) electrons. The van der Waals surface area contributed by atoms with Crippen molar-refractivity contribution in [3.63, 3.8) is 0 Å². The molecule has 1 N–H and O–H groups in total. The van der Waals surface area contributed by atoms with Gasteiger partial charge in [-0.3, -0.25) is 0 Å². The van der Waals surface area contributed by atoms with Gasteiger partial charge in [0.05, 0.1) is 32.3 Å². The van der Waals surface area contributed by atoms with Gasteiger partial charge in [0, 0.05) is 25.7 Å². The molecule has 0 amide bonds. The van der Waals surface area contributed by atoms with E-state index in [-0.39, 0.29) is 6.10 Å². The molecular weight excluding hydrogens is 138 g/mol. The Labute approximate surface area is 68.4 Å². The summed E-state index contributed by atoms with van der Waals surface area (Å²) < 4.78 is 1.16. The number of hydrogen-bond acceptors (Lipinski definition) is 1. The van der Waals surface area contributed by atoms with Gasteiger partial charge in [0.2, 0.25) is 0 Å². The summed E-state index contributed by atoms with van der Waals surface area (Å²) in [5, 5.41) is 9.51. The molecule has 0 spiro atoms. The van der Waals surface area contributed by atoms with Crippen molar-refractivity contribution in [3.8, 4) is 0 Å². The van der Waals surface area contributed by atoms with Crippen LogP contribution in [0.15, 0.2) is 0 Å². The molecule has 2 heterocycles. The largest absolute Gasteiger partial charge is 0.393 e. The Bertz CT molecular complexity index is 151. The SMILES string of the molecule is C[N+]1(C)[C@@H]2CC[C@@H]1CC(O)C2. The van der Waals surface area contributed by atoms with Crippen molar-refractivity contribution in [1.29, 1.82) is 0 Å². The minimum Gasteiger partial charge on any atom is -0.393 e. The molecule has 0 aromatic rings. The third-order valence-corrected chi connectivity index (χ3v) is 3.80. The van der Waals surface area contributed by atoms with E-state index in [0.717, 1.165) is 29.4 Å². The maximum atomic E-state index is 9.51. The van der Waals surface area contributed by atoms with Crippen molar-refractivity contribution < 1.29 is 9.59 Å². The van der Waals surface area contributed by atoms with E-state index in [1.54, 1.807) is 0 Å². The molecule has 0 unspecified atom stereocenters. The second kappa shape index (κ2) is 2.20. The molecule has 11 heavy (non-hydrogen) atoms. The molecule has 2 nitrogen and oxygen atoms in total. The molecule has 64 valence electrons. The lowest BCUT2D eigenvalue weighted by atomic mass is 9.98.